The number of aryl methyl sites for hydroxylation is 1. The van der Waals surface area contributed by atoms with E-state index in [0.717, 1.165) is 22.4 Å². The Hall–Kier alpha value is -5.65. The molecular weight excluding hydrogens is 648 g/mol. The third-order valence-electron chi connectivity index (χ3n) is 10.3. The highest BCUT2D eigenvalue weighted by Crippen LogP contribution is 2.47. The third-order valence-corrected chi connectivity index (χ3v) is 10.3. The summed E-state index contributed by atoms with van der Waals surface area (Å²) in [6.45, 7) is 1.87. The fourth-order valence-electron chi connectivity index (χ4n) is 7.57. The molecule has 3 aliphatic heterocycles. The summed E-state index contributed by atoms with van der Waals surface area (Å²) in [5.74, 6) is -1.76. The molecule has 0 aliphatic carbocycles. The number of nitrogens with zero attached hydrogens (tertiary/aromatic N) is 4. The van der Waals surface area contributed by atoms with Crippen LogP contribution in [0.3, 0.4) is 0 Å². The van der Waals surface area contributed by atoms with Crippen LogP contribution in [0.2, 0.25) is 0 Å². The van der Waals surface area contributed by atoms with E-state index in [0.29, 0.717) is 42.7 Å². The van der Waals surface area contributed by atoms with Crippen molar-refractivity contribution in [2.45, 2.75) is 57.3 Å². The van der Waals surface area contributed by atoms with Crippen molar-refractivity contribution in [1.82, 2.24) is 4.90 Å². The van der Waals surface area contributed by atoms with Crippen molar-refractivity contribution in [2.75, 3.05) is 16.4 Å². The summed E-state index contributed by atoms with van der Waals surface area (Å²) in [4.78, 5) is 56.7. The molecule has 51 heavy (non-hydrogen) atoms. The van der Waals surface area contributed by atoms with Gasteiger partial charge in [0.25, 0.3) is 11.6 Å². The minimum Gasteiger partial charge on any atom is -0.394 e. The van der Waals surface area contributed by atoms with E-state index in [9.17, 15) is 34.7 Å². The summed E-state index contributed by atoms with van der Waals surface area (Å²) < 4.78 is 0. The number of fused-ring (bicyclic) bond motifs is 3. The molecule has 0 unspecified atom stereocenters. The van der Waals surface area contributed by atoms with Gasteiger partial charge in [-0.15, -0.1) is 0 Å². The van der Waals surface area contributed by atoms with Crippen LogP contribution in [0.1, 0.15) is 47.6 Å². The molecule has 260 valence electrons. The zero-order valence-electron chi connectivity index (χ0n) is 28.1. The van der Waals surface area contributed by atoms with Crippen molar-refractivity contribution in [3.05, 3.63) is 141 Å². The van der Waals surface area contributed by atoms with Gasteiger partial charge in [0.15, 0.2) is 5.60 Å². The number of anilines is 3. The lowest BCUT2D eigenvalue weighted by Crippen LogP contribution is -2.46. The second-order valence-corrected chi connectivity index (χ2v) is 13.4. The number of amides is 3. The molecule has 0 aromatic heterocycles. The maximum Gasteiger partial charge on any atom is 0.269 e. The molecule has 4 aromatic carbocycles. The first kappa shape index (κ1) is 33.8. The van der Waals surface area contributed by atoms with E-state index in [2.05, 4.69) is 0 Å². The normalized spacial score (nSPS) is 20.3. The highest BCUT2D eigenvalue weighted by atomic mass is 16.6. The highest BCUT2D eigenvalue weighted by molar-refractivity contribution is 6.07. The Bertz CT molecular complexity index is 2080. The topological polar surface area (TPSA) is 145 Å². The number of aliphatic hydroxyl groups excluding tert-OH is 1. The Kier molecular flexibility index (Phi) is 9.01. The van der Waals surface area contributed by atoms with Crippen LogP contribution in [-0.2, 0) is 45.9 Å². The molecule has 7 rings (SSSR count). The van der Waals surface area contributed by atoms with Crippen molar-refractivity contribution >= 4 is 40.5 Å². The van der Waals surface area contributed by atoms with Crippen LogP contribution in [0.15, 0.2) is 103 Å². The standard InChI is InChI=1S/C40H38N4O7/c1-26(8-6-15-37(46)41-24-30-12-3-2-11-29(30)21-33(41)25-45)40(49)34-22-32(44(50)51)17-18-36(34)42(39(40)48)23-27-9-7-13-31(20-27)43-35-14-5-4-10-28(35)16-19-38(43)47/h2-14,17-18,20,22,26,33,45,49H,15-16,19,21,23-25H2,1H3/b8-6+/t26-,33+,40+/m1/s1. The van der Waals surface area contributed by atoms with Gasteiger partial charge in [0, 0.05) is 48.7 Å². The van der Waals surface area contributed by atoms with Gasteiger partial charge in [0.1, 0.15) is 0 Å². The number of benzene rings is 4. The lowest BCUT2D eigenvalue weighted by Gasteiger charge is -2.36. The second-order valence-electron chi connectivity index (χ2n) is 13.4. The molecule has 0 bridgehead atoms. The molecule has 0 spiro atoms. The van der Waals surface area contributed by atoms with E-state index in [1.165, 1.54) is 23.1 Å². The Morgan fingerprint density at radius 1 is 0.961 bits per heavy atom. The van der Waals surface area contributed by atoms with Crippen molar-refractivity contribution in [2.24, 2.45) is 5.92 Å². The van der Waals surface area contributed by atoms with E-state index in [-0.39, 0.29) is 48.7 Å². The fourth-order valence-corrected chi connectivity index (χ4v) is 7.57. The van der Waals surface area contributed by atoms with Gasteiger partial charge in [-0.25, -0.2) is 0 Å². The largest absolute Gasteiger partial charge is 0.394 e. The molecule has 3 atom stereocenters. The number of non-ortho nitro benzene ring substituents is 1. The molecule has 3 aliphatic rings. The Morgan fingerprint density at radius 3 is 2.47 bits per heavy atom. The highest BCUT2D eigenvalue weighted by Gasteiger charge is 2.53. The summed E-state index contributed by atoms with van der Waals surface area (Å²) >= 11 is 0. The summed E-state index contributed by atoms with van der Waals surface area (Å²) in [5.41, 5.74) is 3.37. The molecule has 3 heterocycles. The van der Waals surface area contributed by atoms with Gasteiger partial charge in [-0.2, -0.15) is 0 Å². The fraction of sp³-hybridized carbons (Fsp3) is 0.275. The van der Waals surface area contributed by atoms with Gasteiger partial charge in [-0.05, 0) is 59.4 Å². The molecule has 11 heteroatoms. The Labute approximate surface area is 295 Å². The molecular formula is C40H38N4O7. The number of rotatable bonds is 9. The average Bonchev–Trinajstić information content (AvgIpc) is 3.36. The smallest absolute Gasteiger partial charge is 0.269 e. The number of para-hydroxylation sites is 1. The van der Waals surface area contributed by atoms with Crippen LogP contribution in [-0.4, -0.2) is 50.4 Å². The van der Waals surface area contributed by atoms with Crippen LogP contribution in [0.25, 0.3) is 0 Å². The van der Waals surface area contributed by atoms with Crippen molar-refractivity contribution in [1.29, 1.82) is 0 Å². The number of carbonyl (C=O) groups excluding carboxylic acids is 3. The van der Waals surface area contributed by atoms with E-state index in [1.807, 2.05) is 72.8 Å². The SMILES string of the molecule is C[C@H](/C=C/CC(=O)N1Cc2ccccc2C[C@H]1CO)[C@@]1(O)C(=O)N(Cc2cccc(N3C(=O)CCc4ccccc43)c2)c2ccc([N+](=O)[O-])cc21. The maximum absolute atomic E-state index is 14.3. The molecule has 11 nitrogen and oxygen atoms in total. The average molecular weight is 687 g/mol. The van der Waals surface area contributed by atoms with Crippen molar-refractivity contribution < 1.29 is 29.5 Å². The predicted molar refractivity (Wildman–Crippen MR) is 191 cm³/mol. The number of nitro groups is 1. The van der Waals surface area contributed by atoms with Gasteiger partial charge in [-0.1, -0.05) is 73.7 Å². The molecule has 3 amide bonds. The van der Waals surface area contributed by atoms with Gasteiger partial charge < -0.3 is 20.0 Å². The summed E-state index contributed by atoms with van der Waals surface area (Å²) in [7, 11) is 0. The summed E-state index contributed by atoms with van der Waals surface area (Å²) in [6, 6.07) is 26.5. The van der Waals surface area contributed by atoms with Crippen molar-refractivity contribution in [3.63, 3.8) is 0 Å². The molecule has 0 saturated carbocycles. The van der Waals surface area contributed by atoms with Crippen LogP contribution in [0, 0.1) is 16.0 Å². The first-order valence-corrected chi connectivity index (χ1v) is 17.1. The van der Waals surface area contributed by atoms with E-state index >= 15 is 0 Å². The molecule has 0 radical (unpaired) electrons. The van der Waals surface area contributed by atoms with Crippen LogP contribution in [0.5, 0.6) is 0 Å². The van der Waals surface area contributed by atoms with Crippen molar-refractivity contribution in [3.8, 4) is 0 Å². The van der Waals surface area contributed by atoms with Gasteiger partial charge >= 0.3 is 0 Å². The van der Waals surface area contributed by atoms with Gasteiger partial charge in [-0.3, -0.25) is 29.4 Å². The zero-order valence-corrected chi connectivity index (χ0v) is 28.1. The monoisotopic (exact) mass is 686 g/mol. The summed E-state index contributed by atoms with van der Waals surface area (Å²) in [5, 5.41) is 34.0. The minimum absolute atomic E-state index is 0.0239. The minimum atomic E-state index is -2.15. The number of hydrogen-bond donors (Lipinski definition) is 2. The second kappa shape index (κ2) is 13.6. The molecule has 2 N–H and O–H groups in total. The third kappa shape index (κ3) is 6.08. The van der Waals surface area contributed by atoms with Gasteiger partial charge in [0.2, 0.25) is 11.8 Å². The number of hydrogen-bond acceptors (Lipinski definition) is 7. The number of nitro benzene ring substituents is 1. The zero-order chi connectivity index (χ0) is 35.9. The lowest BCUT2D eigenvalue weighted by atomic mass is 9.82. The van der Waals surface area contributed by atoms with Crippen LogP contribution < -0.4 is 9.80 Å². The Balaban J connectivity index is 1.14. The predicted octanol–water partition coefficient (Wildman–Crippen LogP) is 5.47. The number of carbonyl (C=O) groups is 3. The first-order valence-electron chi connectivity index (χ1n) is 17.1. The first-order chi connectivity index (χ1) is 24.6. The van der Waals surface area contributed by atoms with Crippen LogP contribution in [0.4, 0.5) is 22.7 Å². The quantitative estimate of drug-likeness (QED) is 0.135. The van der Waals surface area contributed by atoms with Gasteiger partial charge in [0.05, 0.1) is 35.5 Å². The van der Waals surface area contributed by atoms with E-state index in [4.69, 9.17) is 0 Å². The molecule has 4 aromatic rings. The lowest BCUT2D eigenvalue weighted by molar-refractivity contribution is -0.385. The summed E-state index contributed by atoms with van der Waals surface area (Å²) in [6.07, 6.45) is 4.74. The molecule has 0 fully saturated rings. The molecule has 0 saturated heterocycles. The van der Waals surface area contributed by atoms with Crippen LogP contribution >= 0.6 is 0 Å². The van der Waals surface area contributed by atoms with E-state index in [1.54, 1.807) is 28.9 Å². The van der Waals surface area contributed by atoms with E-state index < -0.39 is 22.3 Å². The maximum atomic E-state index is 14.3. The Morgan fingerprint density at radius 2 is 1.71 bits per heavy atom. The number of aliphatic hydroxyl groups is 2.